The summed E-state index contributed by atoms with van der Waals surface area (Å²) in [5.41, 5.74) is 4.19. The molecule has 0 saturated heterocycles. The van der Waals surface area contributed by atoms with E-state index >= 15 is 0 Å². The van der Waals surface area contributed by atoms with E-state index in [4.69, 9.17) is 19.5 Å². The number of rotatable bonds is 9. The molecule has 0 amide bonds. The zero-order valence-corrected chi connectivity index (χ0v) is 19.0. The van der Waals surface area contributed by atoms with Crippen molar-refractivity contribution in [1.29, 1.82) is 0 Å². The van der Waals surface area contributed by atoms with Gasteiger partial charge in [-0.05, 0) is 30.7 Å². The van der Waals surface area contributed by atoms with Crippen molar-refractivity contribution in [3.8, 4) is 11.5 Å². The number of unbranched alkanes of at least 4 members (excludes halogenated alkanes) is 1. The molecule has 0 bridgehead atoms. The van der Waals surface area contributed by atoms with Gasteiger partial charge in [0.25, 0.3) is 0 Å². The monoisotopic (exact) mass is 408 g/mol. The van der Waals surface area contributed by atoms with Gasteiger partial charge in [0, 0.05) is 12.0 Å². The molecule has 2 heterocycles. The first-order chi connectivity index (χ1) is 14.6. The topological polar surface area (TPSA) is 43.7 Å². The van der Waals surface area contributed by atoms with Crippen LogP contribution in [0.3, 0.4) is 0 Å². The first kappa shape index (κ1) is 22.3. The molecule has 1 atom stereocenters. The molecule has 30 heavy (non-hydrogen) atoms. The minimum absolute atomic E-state index is 0.424. The van der Waals surface area contributed by atoms with Gasteiger partial charge in [0.1, 0.15) is 11.4 Å². The van der Waals surface area contributed by atoms with Crippen molar-refractivity contribution in [2.24, 2.45) is 16.8 Å². The Balaban J connectivity index is 1.97. The normalized spacial score (nSPS) is 17.5. The Kier molecular flexibility index (Phi) is 8.30. The molecular weight excluding hydrogens is 372 g/mol. The van der Waals surface area contributed by atoms with Crippen molar-refractivity contribution in [3.63, 3.8) is 0 Å². The van der Waals surface area contributed by atoms with Crippen LogP contribution in [0.2, 0.25) is 0 Å². The highest BCUT2D eigenvalue weighted by Crippen LogP contribution is 2.34. The molecule has 0 aliphatic carbocycles. The molecule has 4 heteroatoms. The minimum Gasteiger partial charge on any atom is -0.492 e. The van der Waals surface area contributed by atoms with Gasteiger partial charge < -0.3 is 9.47 Å². The first-order valence-electron chi connectivity index (χ1n) is 11.5. The molecule has 3 rings (SSSR count). The highest BCUT2D eigenvalue weighted by atomic mass is 16.5. The second kappa shape index (κ2) is 11.1. The van der Waals surface area contributed by atoms with Crippen LogP contribution in [-0.4, -0.2) is 23.9 Å². The second-order valence-electron chi connectivity index (χ2n) is 8.50. The number of aryl methyl sites for hydroxylation is 1. The van der Waals surface area contributed by atoms with Gasteiger partial charge in [0.05, 0.1) is 31.2 Å². The van der Waals surface area contributed by atoms with Gasteiger partial charge in [-0.25, -0.2) is 4.98 Å². The van der Waals surface area contributed by atoms with E-state index in [1.54, 1.807) is 0 Å². The van der Waals surface area contributed by atoms with Crippen molar-refractivity contribution < 1.29 is 9.47 Å². The Morgan fingerprint density at radius 1 is 1.17 bits per heavy atom. The predicted octanol–water partition coefficient (Wildman–Crippen LogP) is 6.26. The number of hydrogen-bond donors (Lipinski definition) is 0. The summed E-state index contributed by atoms with van der Waals surface area (Å²) in [6.45, 7) is 11.0. The maximum atomic E-state index is 6.26. The lowest BCUT2D eigenvalue weighted by Crippen LogP contribution is -2.18. The first-order valence-corrected chi connectivity index (χ1v) is 11.5. The average Bonchev–Trinajstić information content (AvgIpc) is 2.93. The zero-order chi connectivity index (χ0) is 21.3. The molecule has 1 aliphatic rings. The highest BCUT2D eigenvalue weighted by molar-refractivity contribution is 6.01. The fraction of sp³-hybridized carbons (Fsp3) is 0.538. The van der Waals surface area contributed by atoms with E-state index in [2.05, 4.69) is 58.0 Å². The van der Waals surface area contributed by atoms with Gasteiger partial charge in [-0.3, -0.25) is 4.99 Å². The van der Waals surface area contributed by atoms with E-state index in [1.807, 2.05) is 6.07 Å². The standard InChI is InChI=1S/C26H36N2O2/c1-5-7-14-29-24-16-25-26(28-22(24)11-6-2)23(15-21(18-30-25)19(3)4)27-17-20-12-9-8-10-13-20/h8-10,12-13,16,19,21H,5-7,11,14-15,17-18H2,1-4H3. The molecule has 0 radical (unpaired) electrons. The SMILES string of the molecule is CCCCOc1cc2c(nc1CCC)C(=NCc1ccccc1)CC(C(C)C)CO2. The van der Waals surface area contributed by atoms with Gasteiger partial charge in [0.2, 0.25) is 0 Å². The molecule has 4 nitrogen and oxygen atoms in total. The predicted molar refractivity (Wildman–Crippen MR) is 124 cm³/mol. The fourth-order valence-corrected chi connectivity index (χ4v) is 3.64. The lowest BCUT2D eigenvalue weighted by Gasteiger charge is -2.17. The molecule has 162 valence electrons. The summed E-state index contributed by atoms with van der Waals surface area (Å²) >= 11 is 0. The number of pyridine rings is 1. The van der Waals surface area contributed by atoms with Crippen LogP contribution in [0.1, 0.15) is 70.3 Å². The highest BCUT2D eigenvalue weighted by Gasteiger charge is 2.27. The summed E-state index contributed by atoms with van der Waals surface area (Å²) in [4.78, 5) is 10.1. The lowest BCUT2D eigenvalue weighted by atomic mass is 9.91. The third kappa shape index (κ3) is 5.84. The lowest BCUT2D eigenvalue weighted by molar-refractivity contribution is 0.217. The van der Waals surface area contributed by atoms with Gasteiger partial charge in [0.15, 0.2) is 5.75 Å². The van der Waals surface area contributed by atoms with Crippen LogP contribution in [0.25, 0.3) is 0 Å². The molecule has 0 saturated carbocycles. The summed E-state index contributed by atoms with van der Waals surface area (Å²) in [6, 6.07) is 12.5. The van der Waals surface area contributed by atoms with Crippen LogP contribution >= 0.6 is 0 Å². The van der Waals surface area contributed by atoms with E-state index in [0.717, 1.165) is 67.3 Å². The fourth-order valence-electron chi connectivity index (χ4n) is 3.64. The Hall–Kier alpha value is -2.36. The zero-order valence-electron chi connectivity index (χ0n) is 19.0. The van der Waals surface area contributed by atoms with Gasteiger partial charge in [-0.1, -0.05) is 70.9 Å². The molecule has 1 unspecified atom stereocenters. The number of aliphatic imine (C=N–C) groups is 1. The molecular formula is C26H36N2O2. The quantitative estimate of drug-likeness (QED) is 0.460. The van der Waals surface area contributed by atoms with Crippen molar-refractivity contribution in [1.82, 2.24) is 4.98 Å². The molecule has 0 spiro atoms. The van der Waals surface area contributed by atoms with Gasteiger partial charge >= 0.3 is 0 Å². The van der Waals surface area contributed by atoms with E-state index in [0.29, 0.717) is 25.0 Å². The number of nitrogens with zero attached hydrogens (tertiary/aromatic N) is 2. The Bertz CT molecular complexity index is 830. The number of aromatic nitrogens is 1. The molecule has 1 aromatic heterocycles. The van der Waals surface area contributed by atoms with Crippen LogP contribution in [0.4, 0.5) is 0 Å². The number of hydrogen-bond acceptors (Lipinski definition) is 4. The van der Waals surface area contributed by atoms with Crippen molar-refractivity contribution in [2.45, 2.75) is 66.3 Å². The Morgan fingerprint density at radius 2 is 1.97 bits per heavy atom. The molecule has 1 aliphatic heterocycles. The summed E-state index contributed by atoms with van der Waals surface area (Å²) in [6.07, 6.45) is 4.98. The number of benzene rings is 1. The van der Waals surface area contributed by atoms with Crippen LogP contribution in [0, 0.1) is 11.8 Å². The smallest absolute Gasteiger partial charge is 0.150 e. The maximum Gasteiger partial charge on any atom is 0.150 e. The summed E-state index contributed by atoms with van der Waals surface area (Å²) in [7, 11) is 0. The number of fused-ring (bicyclic) bond motifs is 1. The maximum absolute atomic E-state index is 6.26. The molecule has 1 aromatic carbocycles. The summed E-state index contributed by atoms with van der Waals surface area (Å²) in [5, 5.41) is 0. The van der Waals surface area contributed by atoms with Crippen LogP contribution in [0.15, 0.2) is 41.4 Å². The largest absolute Gasteiger partial charge is 0.492 e. The van der Waals surface area contributed by atoms with E-state index in [9.17, 15) is 0 Å². The van der Waals surface area contributed by atoms with Gasteiger partial charge in [-0.15, -0.1) is 0 Å². The Labute approximate surface area is 181 Å². The Morgan fingerprint density at radius 3 is 2.67 bits per heavy atom. The van der Waals surface area contributed by atoms with Crippen LogP contribution in [0.5, 0.6) is 11.5 Å². The average molecular weight is 409 g/mol. The van der Waals surface area contributed by atoms with Crippen LogP contribution < -0.4 is 9.47 Å². The van der Waals surface area contributed by atoms with E-state index in [-0.39, 0.29) is 0 Å². The summed E-state index contributed by atoms with van der Waals surface area (Å²) < 4.78 is 12.4. The molecule has 2 aromatic rings. The van der Waals surface area contributed by atoms with Crippen molar-refractivity contribution in [3.05, 3.63) is 53.3 Å². The molecule has 0 N–H and O–H groups in total. The van der Waals surface area contributed by atoms with E-state index < -0.39 is 0 Å². The third-order valence-corrected chi connectivity index (χ3v) is 5.69. The minimum atomic E-state index is 0.424. The van der Waals surface area contributed by atoms with Crippen molar-refractivity contribution in [2.75, 3.05) is 13.2 Å². The van der Waals surface area contributed by atoms with E-state index in [1.165, 1.54) is 5.56 Å². The van der Waals surface area contributed by atoms with Gasteiger partial charge in [-0.2, -0.15) is 0 Å². The van der Waals surface area contributed by atoms with Crippen LogP contribution in [-0.2, 0) is 13.0 Å². The molecule has 0 fully saturated rings. The number of ether oxygens (including phenoxy) is 2. The third-order valence-electron chi connectivity index (χ3n) is 5.69. The second-order valence-corrected chi connectivity index (χ2v) is 8.50. The van der Waals surface area contributed by atoms with Crippen molar-refractivity contribution >= 4 is 5.71 Å². The summed E-state index contributed by atoms with van der Waals surface area (Å²) in [5.74, 6) is 2.63.